The molecule has 2 aromatic carbocycles. The Balaban J connectivity index is 1.56. The smallest absolute Gasteiger partial charge is 0.410 e. The van der Waals surface area contributed by atoms with Crippen LogP contribution >= 0.6 is 0 Å². The average Bonchev–Trinajstić information content (AvgIpc) is 2.67. The lowest BCUT2D eigenvalue weighted by molar-refractivity contribution is 0.0838. The predicted molar refractivity (Wildman–Crippen MR) is 97.8 cm³/mol. The number of hydrogen-bond acceptors (Lipinski definition) is 5. The molecule has 0 atom stereocenters. The van der Waals surface area contributed by atoms with E-state index in [4.69, 9.17) is 10.5 Å². The normalized spacial score (nSPS) is 15.6. The van der Waals surface area contributed by atoms with Gasteiger partial charge in [0.05, 0.1) is 4.90 Å². The third-order valence-electron chi connectivity index (χ3n) is 4.20. The van der Waals surface area contributed by atoms with E-state index in [0.717, 1.165) is 5.56 Å². The minimum absolute atomic E-state index is 0.164. The summed E-state index contributed by atoms with van der Waals surface area (Å²) in [6, 6.07) is 15.6. The second kappa shape index (κ2) is 7.76. The Morgan fingerprint density at radius 2 is 1.69 bits per heavy atom. The molecule has 1 heterocycles. The van der Waals surface area contributed by atoms with Crippen LogP contribution in [0.5, 0.6) is 0 Å². The lowest BCUT2D eigenvalue weighted by Crippen LogP contribution is -2.50. The Morgan fingerprint density at radius 1 is 1.00 bits per heavy atom. The maximum atomic E-state index is 12.7. The van der Waals surface area contributed by atoms with E-state index in [1.807, 2.05) is 30.3 Å². The van der Waals surface area contributed by atoms with E-state index in [1.165, 1.54) is 21.3 Å². The van der Waals surface area contributed by atoms with Crippen LogP contribution in [0.15, 0.2) is 59.5 Å². The SMILES string of the molecule is Nc1cccc(S(=O)(=O)N2CCN(C(=O)OCc3ccccc3)CC2)c1. The van der Waals surface area contributed by atoms with Crippen molar-refractivity contribution < 1.29 is 17.9 Å². The van der Waals surface area contributed by atoms with Crippen molar-refractivity contribution in [2.24, 2.45) is 0 Å². The zero-order valence-electron chi connectivity index (χ0n) is 14.2. The monoisotopic (exact) mass is 375 g/mol. The summed E-state index contributed by atoms with van der Waals surface area (Å²) >= 11 is 0. The first-order chi connectivity index (χ1) is 12.5. The van der Waals surface area contributed by atoms with Crippen molar-refractivity contribution in [3.05, 3.63) is 60.2 Å². The highest BCUT2D eigenvalue weighted by atomic mass is 32.2. The number of rotatable bonds is 4. The molecule has 1 amide bonds. The van der Waals surface area contributed by atoms with Crippen LogP contribution in [-0.2, 0) is 21.4 Å². The lowest BCUT2D eigenvalue weighted by atomic mass is 10.2. The quantitative estimate of drug-likeness (QED) is 0.824. The fourth-order valence-corrected chi connectivity index (χ4v) is 4.22. The van der Waals surface area contributed by atoms with Gasteiger partial charge in [-0.1, -0.05) is 36.4 Å². The Morgan fingerprint density at radius 3 is 2.35 bits per heavy atom. The Kier molecular flexibility index (Phi) is 5.43. The fourth-order valence-electron chi connectivity index (χ4n) is 2.75. The van der Waals surface area contributed by atoms with E-state index < -0.39 is 16.1 Å². The van der Waals surface area contributed by atoms with Crippen LogP contribution < -0.4 is 5.73 Å². The molecule has 0 bridgehead atoms. The van der Waals surface area contributed by atoms with Crippen molar-refractivity contribution in [3.8, 4) is 0 Å². The number of benzene rings is 2. The van der Waals surface area contributed by atoms with Crippen molar-refractivity contribution >= 4 is 21.8 Å². The van der Waals surface area contributed by atoms with Gasteiger partial charge in [0, 0.05) is 31.9 Å². The molecule has 0 unspecified atom stereocenters. The fraction of sp³-hybridized carbons (Fsp3) is 0.278. The number of piperazine rings is 1. The highest BCUT2D eigenvalue weighted by Crippen LogP contribution is 2.20. The minimum atomic E-state index is -3.61. The minimum Gasteiger partial charge on any atom is -0.445 e. The van der Waals surface area contributed by atoms with Crippen LogP contribution in [0.2, 0.25) is 0 Å². The third kappa shape index (κ3) is 4.14. The standard InChI is InChI=1S/C18H21N3O4S/c19-16-7-4-8-17(13-16)26(23,24)21-11-9-20(10-12-21)18(22)25-14-15-5-2-1-3-6-15/h1-8,13H,9-12,14,19H2. The molecular weight excluding hydrogens is 354 g/mol. The van der Waals surface area contributed by atoms with Gasteiger partial charge in [0.15, 0.2) is 0 Å². The number of nitrogen functional groups attached to an aromatic ring is 1. The highest BCUT2D eigenvalue weighted by molar-refractivity contribution is 7.89. The van der Waals surface area contributed by atoms with Crippen molar-refractivity contribution in [1.82, 2.24) is 9.21 Å². The molecule has 1 aliphatic heterocycles. The van der Waals surface area contributed by atoms with E-state index >= 15 is 0 Å². The third-order valence-corrected chi connectivity index (χ3v) is 6.09. The van der Waals surface area contributed by atoms with E-state index in [0.29, 0.717) is 5.69 Å². The molecule has 0 radical (unpaired) electrons. The van der Waals surface area contributed by atoms with Gasteiger partial charge in [0.1, 0.15) is 6.61 Å². The molecule has 138 valence electrons. The molecule has 0 spiro atoms. The predicted octanol–water partition coefficient (Wildman–Crippen LogP) is 1.91. The average molecular weight is 375 g/mol. The summed E-state index contributed by atoms with van der Waals surface area (Å²) in [5.41, 5.74) is 6.98. The second-order valence-corrected chi connectivity index (χ2v) is 7.94. The van der Waals surface area contributed by atoms with Crippen LogP contribution in [0.3, 0.4) is 0 Å². The van der Waals surface area contributed by atoms with Crippen LogP contribution in [0, 0.1) is 0 Å². The lowest BCUT2D eigenvalue weighted by Gasteiger charge is -2.33. The summed E-state index contributed by atoms with van der Waals surface area (Å²) in [6.45, 7) is 1.21. The second-order valence-electron chi connectivity index (χ2n) is 6.00. The number of anilines is 1. The van der Waals surface area contributed by atoms with Crippen molar-refractivity contribution in [2.45, 2.75) is 11.5 Å². The summed E-state index contributed by atoms with van der Waals surface area (Å²) in [4.78, 5) is 13.8. The van der Waals surface area contributed by atoms with E-state index in [2.05, 4.69) is 0 Å². The molecule has 0 saturated carbocycles. The number of carbonyl (C=O) groups excluding carboxylic acids is 1. The van der Waals surface area contributed by atoms with Gasteiger partial charge in [0.25, 0.3) is 0 Å². The van der Waals surface area contributed by atoms with E-state index in [-0.39, 0.29) is 37.7 Å². The van der Waals surface area contributed by atoms with Crippen molar-refractivity contribution in [3.63, 3.8) is 0 Å². The van der Waals surface area contributed by atoms with E-state index in [9.17, 15) is 13.2 Å². The van der Waals surface area contributed by atoms with Gasteiger partial charge in [-0.15, -0.1) is 0 Å². The van der Waals surface area contributed by atoms with Gasteiger partial charge >= 0.3 is 6.09 Å². The molecule has 7 nitrogen and oxygen atoms in total. The molecule has 1 aliphatic rings. The molecule has 0 aliphatic carbocycles. The van der Waals surface area contributed by atoms with Gasteiger partial charge in [0.2, 0.25) is 10.0 Å². The number of carbonyl (C=O) groups is 1. The molecule has 2 N–H and O–H groups in total. The number of hydrogen-bond donors (Lipinski definition) is 1. The summed E-state index contributed by atoms with van der Waals surface area (Å²) < 4.78 is 32.0. The molecular formula is C18H21N3O4S. The van der Waals surface area contributed by atoms with Crippen LogP contribution in [0.1, 0.15) is 5.56 Å². The number of amides is 1. The number of sulfonamides is 1. The number of ether oxygens (including phenoxy) is 1. The topological polar surface area (TPSA) is 92.9 Å². The first-order valence-corrected chi connectivity index (χ1v) is 9.72. The van der Waals surface area contributed by atoms with Gasteiger partial charge in [-0.2, -0.15) is 4.31 Å². The van der Waals surface area contributed by atoms with Crippen molar-refractivity contribution in [2.75, 3.05) is 31.9 Å². The Hall–Kier alpha value is -2.58. The molecule has 2 aromatic rings. The summed E-state index contributed by atoms with van der Waals surface area (Å²) in [5, 5.41) is 0. The molecule has 1 fully saturated rings. The zero-order chi connectivity index (χ0) is 18.6. The van der Waals surface area contributed by atoms with Gasteiger partial charge in [-0.3, -0.25) is 0 Å². The molecule has 0 aromatic heterocycles. The molecule has 8 heteroatoms. The van der Waals surface area contributed by atoms with Gasteiger partial charge < -0.3 is 15.4 Å². The molecule has 26 heavy (non-hydrogen) atoms. The maximum Gasteiger partial charge on any atom is 0.410 e. The first kappa shape index (κ1) is 18.2. The Bertz CT molecular complexity index is 863. The Labute approximate surface area is 153 Å². The van der Waals surface area contributed by atoms with Crippen LogP contribution in [0.4, 0.5) is 10.5 Å². The summed E-state index contributed by atoms with van der Waals surface area (Å²) in [5.74, 6) is 0. The largest absolute Gasteiger partial charge is 0.445 e. The summed E-state index contributed by atoms with van der Waals surface area (Å²) in [7, 11) is -3.61. The first-order valence-electron chi connectivity index (χ1n) is 8.28. The maximum absolute atomic E-state index is 12.7. The number of nitrogens with two attached hydrogens (primary N) is 1. The molecule has 3 rings (SSSR count). The molecule has 1 saturated heterocycles. The summed E-state index contributed by atoms with van der Waals surface area (Å²) in [6.07, 6.45) is -0.435. The van der Waals surface area contributed by atoms with E-state index in [1.54, 1.807) is 12.1 Å². The highest BCUT2D eigenvalue weighted by Gasteiger charge is 2.30. The van der Waals surface area contributed by atoms with Gasteiger partial charge in [-0.25, -0.2) is 13.2 Å². The van der Waals surface area contributed by atoms with Crippen LogP contribution in [-0.4, -0.2) is 49.9 Å². The van der Waals surface area contributed by atoms with Crippen molar-refractivity contribution in [1.29, 1.82) is 0 Å². The van der Waals surface area contributed by atoms with Crippen LogP contribution in [0.25, 0.3) is 0 Å². The zero-order valence-corrected chi connectivity index (χ0v) is 15.1. The number of nitrogens with zero attached hydrogens (tertiary/aromatic N) is 2. The van der Waals surface area contributed by atoms with Gasteiger partial charge in [-0.05, 0) is 23.8 Å².